The van der Waals surface area contributed by atoms with Crippen LogP contribution in [-0.4, -0.2) is 15.0 Å². The third-order valence-corrected chi connectivity index (χ3v) is 2.90. The zero-order valence-corrected chi connectivity index (χ0v) is 10.9. The normalized spacial score (nSPS) is 10.2. The molecule has 0 saturated heterocycles. The molecule has 0 fully saturated rings. The maximum Gasteiger partial charge on any atom is 0.164 e. The topological polar surface area (TPSA) is 38.7 Å². The second-order valence-corrected chi connectivity index (χ2v) is 4.28. The fourth-order valence-corrected chi connectivity index (χ4v) is 1.92. The molecule has 0 aliphatic rings. The fraction of sp³-hybridized carbons (Fsp3) is 0. The zero-order valence-electron chi connectivity index (χ0n) is 10.9. The Kier molecular flexibility index (Phi) is 3.33. The molecule has 0 radical (unpaired) electrons. The summed E-state index contributed by atoms with van der Waals surface area (Å²) in [5.41, 5.74) is 1.94. The monoisotopic (exact) mass is 259 g/mol. The Morgan fingerprint density at radius 1 is 0.650 bits per heavy atom. The van der Waals surface area contributed by atoms with Gasteiger partial charge in [0.05, 0.1) is 0 Å². The first-order chi connectivity index (χ1) is 9.86. The van der Waals surface area contributed by atoms with Crippen LogP contribution in [0.25, 0.3) is 28.9 Å². The van der Waals surface area contributed by atoms with Gasteiger partial charge in [-0.3, -0.25) is 0 Å². The zero-order chi connectivity index (χ0) is 13.8. The van der Waals surface area contributed by atoms with Crippen LogP contribution in [0.5, 0.6) is 0 Å². The van der Waals surface area contributed by atoms with Gasteiger partial charge in [-0.2, -0.15) is 0 Å². The summed E-state index contributed by atoms with van der Waals surface area (Å²) in [5.74, 6) is 1.90. The maximum atomic E-state index is 4.55. The molecule has 0 unspecified atom stereocenters. The highest BCUT2D eigenvalue weighted by molar-refractivity contribution is 5.62. The Balaban J connectivity index is 2.15. The molecule has 0 aliphatic carbocycles. The van der Waals surface area contributed by atoms with E-state index in [-0.39, 0.29) is 0 Å². The van der Waals surface area contributed by atoms with Crippen molar-refractivity contribution in [2.75, 3.05) is 0 Å². The van der Waals surface area contributed by atoms with E-state index in [9.17, 15) is 0 Å². The molecule has 0 amide bonds. The van der Waals surface area contributed by atoms with Crippen molar-refractivity contribution in [3.63, 3.8) is 0 Å². The Labute approximate surface area is 117 Å². The molecule has 1 aromatic heterocycles. The van der Waals surface area contributed by atoms with Gasteiger partial charge in [-0.1, -0.05) is 67.2 Å². The number of hydrogen-bond donors (Lipinski definition) is 0. The van der Waals surface area contributed by atoms with Gasteiger partial charge >= 0.3 is 0 Å². The van der Waals surface area contributed by atoms with E-state index in [2.05, 4.69) is 21.5 Å². The van der Waals surface area contributed by atoms with Gasteiger partial charge in [-0.15, -0.1) is 0 Å². The van der Waals surface area contributed by atoms with Crippen LogP contribution in [0.1, 0.15) is 5.82 Å². The van der Waals surface area contributed by atoms with Crippen molar-refractivity contribution in [2.45, 2.75) is 0 Å². The summed E-state index contributed by atoms with van der Waals surface area (Å²) >= 11 is 0. The lowest BCUT2D eigenvalue weighted by Gasteiger charge is -2.05. The quantitative estimate of drug-likeness (QED) is 0.717. The van der Waals surface area contributed by atoms with Crippen LogP contribution in [0.3, 0.4) is 0 Å². The average molecular weight is 259 g/mol. The van der Waals surface area contributed by atoms with Crippen molar-refractivity contribution >= 4 is 6.08 Å². The molecule has 2 aromatic carbocycles. The summed E-state index contributed by atoms with van der Waals surface area (Å²) in [5, 5.41) is 0. The maximum absolute atomic E-state index is 4.55. The summed E-state index contributed by atoms with van der Waals surface area (Å²) in [6.45, 7) is 3.75. The highest BCUT2D eigenvalue weighted by Crippen LogP contribution is 2.20. The Hall–Kier alpha value is -2.81. The number of benzene rings is 2. The number of aromatic nitrogens is 3. The molecular formula is C17H13N3. The van der Waals surface area contributed by atoms with Crippen molar-refractivity contribution in [1.82, 2.24) is 15.0 Å². The lowest BCUT2D eigenvalue weighted by atomic mass is 10.2. The number of nitrogens with zero attached hydrogens (tertiary/aromatic N) is 3. The van der Waals surface area contributed by atoms with E-state index in [0.717, 1.165) is 11.1 Å². The molecule has 20 heavy (non-hydrogen) atoms. The predicted molar refractivity (Wildman–Crippen MR) is 80.8 cm³/mol. The summed E-state index contributed by atoms with van der Waals surface area (Å²) in [7, 11) is 0. The van der Waals surface area contributed by atoms with Crippen molar-refractivity contribution in [1.29, 1.82) is 0 Å². The number of hydrogen-bond acceptors (Lipinski definition) is 3. The molecule has 3 aromatic rings. The minimum Gasteiger partial charge on any atom is -0.209 e. The largest absolute Gasteiger partial charge is 0.209 e. The van der Waals surface area contributed by atoms with Crippen LogP contribution in [-0.2, 0) is 0 Å². The highest BCUT2D eigenvalue weighted by Gasteiger charge is 2.08. The Morgan fingerprint density at radius 3 is 1.50 bits per heavy atom. The van der Waals surface area contributed by atoms with E-state index in [1.807, 2.05) is 60.7 Å². The van der Waals surface area contributed by atoms with Gasteiger partial charge in [-0.05, 0) is 6.08 Å². The predicted octanol–water partition coefficient (Wildman–Crippen LogP) is 3.85. The summed E-state index contributed by atoms with van der Waals surface area (Å²) in [4.78, 5) is 13.4. The van der Waals surface area contributed by atoms with E-state index < -0.39 is 0 Å². The van der Waals surface area contributed by atoms with Crippen LogP contribution in [0, 0.1) is 0 Å². The van der Waals surface area contributed by atoms with E-state index in [4.69, 9.17) is 0 Å². The average Bonchev–Trinajstić information content (AvgIpc) is 2.56. The lowest BCUT2D eigenvalue weighted by Crippen LogP contribution is -1.99. The van der Waals surface area contributed by atoms with Gasteiger partial charge < -0.3 is 0 Å². The molecule has 3 nitrogen and oxygen atoms in total. The van der Waals surface area contributed by atoms with E-state index in [0.29, 0.717) is 17.5 Å². The molecule has 3 rings (SSSR count). The smallest absolute Gasteiger partial charge is 0.164 e. The highest BCUT2D eigenvalue weighted by atomic mass is 15.0. The summed E-state index contributed by atoms with van der Waals surface area (Å²) in [6.07, 6.45) is 1.64. The first kappa shape index (κ1) is 12.2. The van der Waals surface area contributed by atoms with Gasteiger partial charge in [-0.25, -0.2) is 15.0 Å². The molecule has 0 atom stereocenters. The third kappa shape index (κ3) is 2.47. The summed E-state index contributed by atoms with van der Waals surface area (Å²) in [6, 6.07) is 19.7. The van der Waals surface area contributed by atoms with Crippen molar-refractivity contribution < 1.29 is 0 Å². The minimum absolute atomic E-state index is 0.581. The van der Waals surface area contributed by atoms with Gasteiger partial charge in [0.25, 0.3) is 0 Å². The van der Waals surface area contributed by atoms with Gasteiger partial charge in [0.1, 0.15) is 0 Å². The molecule has 1 heterocycles. The van der Waals surface area contributed by atoms with Gasteiger partial charge in [0, 0.05) is 11.1 Å². The number of rotatable bonds is 3. The molecule has 96 valence electrons. The van der Waals surface area contributed by atoms with Crippen molar-refractivity contribution in [3.8, 4) is 22.8 Å². The summed E-state index contributed by atoms with van der Waals surface area (Å²) < 4.78 is 0. The van der Waals surface area contributed by atoms with Crippen LogP contribution in [0.15, 0.2) is 67.2 Å². The third-order valence-electron chi connectivity index (χ3n) is 2.90. The van der Waals surface area contributed by atoms with Gasteiger partial charge in [0.2, 0.25) is 0 Å². The van der Waals surface area contributed by atoms with E-state index in [1.54, 1.807) is 6.08 Å². The minimum atomic E-state index is 0.581. The second kappa shape index (κ2) is 5.45. The molecule has 0 aliphatic heterocycles. The fourth-order valence-electron chi connectivity index (χ4n) is 1.92. The first-order valence-electron chi connectivity index (χ1n) is 6.36. The van der Waals surface area contributed by atoms with Crippen LogP contribution in [0.2, 0.25) is 0 Å². The first-order valence-corrected chi connectivity index (χ1v) is 6.36. The second-order valence-electron chi connectivity index (χ2n) is 4.28. The molecule has 0 spiro atoms. The molecule has 0 saturated carbocycles. The molecule has 0 N–H and O–H groups in total. The lowest BCUT2D eigenvalue weighted by molar-refractivity contribution is 1.05. The standard InChI is InChI=1S/C17H13N3/c1-2-15-18-16(13-9-5-3-6-10-13)20-17(19-15)14-11-7-4-8-12-14/h2-12H,1H2. The van der Waals surface area contributed by atoms with Crippen molar-refractivity contribution in [2.24, 2.45) is 0 Å². The van der Waals surface area contributed by atoms with Crippen LogP contribution >= 0.6 is 0 Å². The van der Waals surface area contributed by atoms with E-state index in [1.165, 1.54) is 0 Å². The van der Waals surface area contributed by atoms with E-state index >= 15 is 0 Å². The van der Waals surface area contributed by atoms with Crippen LogP contribution in [0.4, 0.5) is 0 Å². The van der Waals surface area contributed by atoms with Crippen molar-refractivity contribution in [3.05, 3.63) is 73.1 Å². The van der Waals surface area contributed by atoms with Crippen LogP contribution < -0.4 is 0 Å². The SMILES string of the molecule is C=Cc1nc(-c2ccccc2)nc(-c2ccccc2)n1. The molecular weight excluding hydrogens is 246 g/mol. The van der Waals surface area contributed by atoms with Gasteiger partial charge in [0.15, 0.2) is 17.5 Å². The molecule has 3 heteroatoms. The Morgan fingerprint density at radius 2 is 1.10 bits per heavy atom. The Bertz CT molecular complexity index is 664. The molecule has 0 bridgehead atoms.